The van der Waals surface area contributed by atoms with Crippen LogP contribution in [-0.2, 0) is 19.7 Å². The molecular formula is C16H22N2O4S3. The number of anilines is 1. The van der Waals surface area contributed by atoms with Crippen molar-refractivity contribution in [3.63, 3.8) is 0 Å². The summed E-state index contributed by atoms with van der Waals surface area (Å²) in [4.78, 5) is 1.82. The molecule has 6 nitrogen and oxygen atoms in total. The lowest BCUT2D eigenvalue weighted by molar-refractivity contribution is 0.273. The van der Waals surface area contributed by atoms with E-state index in [4.69, 9.17) is 12.2 Å². The minimum absolute atomic E-state index is 0.0270. The third-order valence-corrected chi connectivity index (χ3v) is 8.55. The molecule has 9 heteroatoms. The van der Waals surface area contributed by atoms with Crippen LogP contribution in [0.5, 0.6) is 0 Å². The summed E-state index contributed by atoms with van der Waals surface area (Å²) in [5, 5.41) is 3.54. The Hall–Kier alpha value is -1.19. The molecule has 25 heavy (non-hydrogen) atoms. The van der Waals surface area contributed by atoms with Gasteiger partial charge in [-0.25, -0.2) is 16.8 Å². The van der Waals surface area contributed by atoms with E-state index in [1.807, 2.05) is 36.1 Å². The summed E-state index contributed by atoms with van der Waals surface area (Å²) in [7, 11) is -6.18. The molecule has 2 atom stereocenters. The lowest BCUT2D eigenvalue weighted by atomic mass is 10.1. The Morgan fingerprint density at radius 3 is 1.88 bits per heavy atom. The second-order valence-electron chi connectivity index (χ2n) is 6.82. The van der Waals surface area contributed by atoms with Crippen molar-refractivity contribution in [2.24, 2.45) is 0 Å². The molecule has 1 aromatic carbocycles. The highest BCUT2D eigenvalue weighted by Gasteiger charge is 2.41. The van der Waals surface area contributed by atoms with Gasteiger partial charge in [0.15, 0.2) is 24.8 Å². The quantitative estimate of drug-likeness (QED) is 0.765. The number of sulfone groups is 2. The van der Waals surface area contributed by atoms with Gasteiger partial charge in [-0.05, 0) is 44.1 Å². The second-order valence-corrected chi connectivity index (χ2v) is 11.7. The maximum Gasteiger partial charge on any atom is 0.173 e. The first-order valence-electron chi connectivity index (χ1n) is 8.22. The van der Waals surface area contributed by atoms with Crippen LogP contribution < -0.4 is 5.32 Å². The van der Waals surface area contributed by atoms with E-state index in [1.165, 1.54) is 0 Å². The lowest BCUT2D eigenvalue weighted by Gasteiger charge is -2.35. The van der Waals surface area contributed by atoms with Crippen LogP contribution in [0.25, 0.3) is 0 Å². The predicted octanol–water partition coefficient (Wildman–Crippen LogP) is 1.37. The SMILES string of the molecule is Cc1ccc(NC(=S)N([C@@H]2CCS(=O)(=O)C2)[C@H]2CCS(=O)(=O)C2)cc1. The van der Waals surface area contributed by atoms with E-state index < -0.39 is 19.7 Å². The third-order valence-electron chi connectivity index (χ3n) is 4.74. The topological polar surface area (TPSA) is 83.6 Å². The van der Waals surface area contributed by atoms with E-state index in [0.717, 1.165) is 11.3 Å². The second kappa shape index (κ2) is 6.85. The van der Waals surface area contributed by atoms with Crippen LogP contribution in [0.15, 0.2) is 24.3 Å². The number of rotatable bonds is 3. The minimum atomic E-state index is -3.09. The summed E-state index contributed by atoms with van der Waals surface area (Å²) in [6.45, 7) is 1.99. The van der Waals surface area contributed by atoms with E-state index >= 15 is 0 Å². The molecule has 0 unspecified atom stereocenters. The molecule has 3 rings (SSSR count). The van der Waals surface area contributed by atoms with Crippen LogP contribution in [-0.4, -0.2) is 61.9 Å². The molecule has 1 aromatic rings. The van der Waals surface area contributed by atoms with Gasteiger partial charge in [-0.1, -0.05) is 17.7 Å². The van der Waals surface area contributed by atoms with E-state index in [-0.39, 0.29) is 35.1 Å². The van der Waals surface area contributed by atoms with Gasteiger partial charge < -0.3 is 10.2 Å². The molecule has 138 valence electrons. The zero-order valence-electron chi connectivity index (χ0n) is 14.0. The van der Waals surface area contributed by atoms with Crippen LogP contribution in [0.2, 0.25) is 0 Å². The first kappa shape index (κ1) is 18.6. The van der Waals surface area contributed by atoms with Crippen LogP contribution >= 0.6 is 12.2 Å². The van der Waals surface area contributed by atoms with Crippen LogP contribution in [0.4, 0.5) is 5.69 Å². The minimum Gasteiger partial charge on any atom is -0.341 e. The van der Waals surface area contributed by atoms with E-state index in [1.54, 1.807) is 0 Å². The fourth-order valence-electron chi connectivity index (χ4n) is 3.44. The van der Waals surface area contributed by atoms with Gasteiger partial charge in [0.05, 0.1) is 23.0 Å². The van der Waals surface area contributed by atoms with Crippen molar-refractivity contribution < 1.29 is 16.8 Å². The molecule has 0 spiro atoms. The molecule has 0 aliphatic carbocycles. The lowest BCUT2D eigenvalue weighted by Crippen LogP contribution is -2.50. The highest BCUT2D eigenvalue weighted by atomic mass is 32.2. The van der Waals surface area contributed by atoms with Crippen molar-refractivity contribution in [2.45, 2.75) is 31.8 Å². The van der Waals surface area contributed by atoms with Gasteiger partial charge in [0.1, 0.15) is 0 Å². The van der Waals surface area contributed by atoms with Crippen LogP contribution in [0, 0.1) is 6.92 Å². The standard InChI is InChI=1S/C16H22N2O4S3/c1-12-2-4-13(5-3-12)17-16(23)18(14-6-8-24(19,20)10-14)15-7-9-25(21,22)11-15/h2-5,14-15H,6-11H2,1H3,(H,17,23)/t14-,15+. The van der Waals surface area contributed by atoms with Gasteiger partial charge in [-0.15, -0.1) is 0 Å². The Morgan fingerprint density at radius 2 is 1.48 bits per heavy atom. The molecule has 0 aromatic heterocycles. The monoisotopic (exact) mass is 402 g/mol. The fourth-order valence-corrected chi connectivity index (χ4v) is 7.28. The first-order valence-corrected chi connectivity index (χ1v) is 12.3. The molecular weight excluding hydrogens is 380 g/mol. The van der Waals surface area contributed by atoms with Crippen molar-refractivity contribution in [1.29, 1.82) is 0 Å². The third kappa shape index (κ3) is 4.51. The molecule has 2 saturated heterocycles. The molecule has 2 heterocycles. The number of hydrogen-bond acceptors (Lipinski definition) is 5. The van der Waals surface area contributed by atoms with Crippen molar-refractivity contribution in [1.82, 2.24) is 4.90 Å². The van der Waals surface area contributed by atoms with E-state index in [2.05, 4.69) is 5.32 Å². The molecule has 0 saturated carbocycles. The average Bonchev–Trinajstić information content (AvgIpc) is 3.04. The van der Waals surface area contributed by atoms with Crippen molar-refractivity contribution in [2.75, 3.05) is 28.3 Å². The maximum absolute atomic E-state index is 11.9. The van der Waals surface area contributed by atoms with E-state index in [0.29, 0.717) is 18.0 Å². The van der Waals surface area contributed by atoms with Crippen molar-refractivity contribution >= 4 is 42.7 Å². The Kier molecular flexibility index (Phi) is 5.09. The van der Waals surface area contributed by atoms with Gasteiger partial charge in [-0.2, -0.15) is 0 Å². The molecule has 2 aliphatic heterocycles. The average molecular weight is 403 g/mol. The summed E-state index contributed by atoms with van der Waals surface area (Å²) in [5.74, 6) is 0.306. The maximum atomic E-state index is 11.9. The molecule has 1 N–H and O–H groups in total. The number of nitrogens with one attached hydrogen (secondary N) is 1. The predicted molar refractivity (Wildman–Crippen MR) is 103 cm³/mol. The smallest absolute Gasteiger partial charge is 0.173 e. The van der Waals surface area contributed by atoms with Crippen LogP contribution in [0.1, 0.15) is 18.4 Å². The molecule has 0 bridgehead atoms. The molecule has 0 amide bonds. The Balaban J connectivity index is 1.82. The zero-order valence-corrected chi connectivity index (χ0v) is 16.5. The first-order chi connectivity index (χ1) is 11.7. The number of benzene rings is 1. The summed E-state index contributed by atoms with van der Waals surface area (Å²) >= 11 is 5.54. The van der Waals surface area contributed by atoms with Crippen LogP contribution in [0.3, 0.4) is 0 Å². The zero-order chi connectivity index (χ0) is 18.2. The van der Waals surface area contributed by atoms with Crippen molar-refractivity contribution in [3.05, 3.63) is 29.8 Å². The largest absolute Gasteiger partial charge is 0.341 e. The van der Waals surface area contributed by atoms with Gasteiger partial charge >= 0.3 is 0 Å². The van der Waals surface area contributed by atoms with Gasteiger partial charge in [0, 0.05) is 17.8 Å². The number of aryl methyl sites for hydroxylation is 1. The Labute approximate surface area is 154 Å². The summed E-state index contributed by atoms with van der Waals surface area (Å²) in [6.07, 6.45) is 0.962. The highest BCUT2D eigenvalue weighted by molar-refractivity contribution is 7.92. The molecule has 2 fully saturated rings. The summed E-state index contributed by atoms with van der Waals surface area (Å²) < 4.78 is 47.6. The van der Waals surface area contributed by atoms with Gasteiger partial charge in [0.2, 0.25) is 0 Å². The summed E-state index contributed by atoms with van der Waals surface area (Å²) in [5.41, 5.74) is 1.93. The highest BCUT2D eigenvalue weighted by Crippen LogP contribution is 2.27. The number of hydrogen-bond donors (Lipinski definition) is 1. The van der Waals surface area contributed by atoms with Gasteiger partial charge in [0.25, 0.3) is 0 Å². The molecule has 2 aliphatic rings. The van der Waals surface area contributed by atoms with Gasteiger partial charge in [-0.3, -0.25) is 0 Å². The number of nitrogens with zero attached hydrogens (tertiary/aromatic N) is 1. The Morgan fingerprint density at radius 1 is 1.00 bits per heavy atom. The normalized spacial score (nSPS) is 27.1. The van der Waals surface area contributed by atoms with Crippen molar-refractivity contribution in [3.8, 4) is 0 Å². The number of thiocarbonyl (C=S) groups is 1. The molecule has 0 radical (unpaired) electrons. The fraction of sp³-hybridized carbons (Fsp3) is 0.562. The summed E-state index contributed by atoms with van der Waals surface area (Å²) in [6, 6.07) is 7.17. The van der Waals surface area contributed by atoms with E-state index in [9.17, 15) is 16.8 Å². The Bertz CT molecular complexity index is 819.